The van der Waals surface area contributed by atoms with Crippen molar-refractivity contribution in [2.24, 2.45) is 0 Å². The standard InChI is InChI=1S/C23H33N3O/c1-18(15-23(2,3)21-13-7-6-8-14-21)25-22(27)24-16-19-11-9-10-12-20(19)17-26(4)5/h6-14,18H,15-17H2,1-5H3,(H2,24,25,27). The molecule has 4 nitrogen and oxygen atoms in total. The van der Waals surface area contributed by atoms with Crippen LogP contribution in [0.1, 0.15) is 43.9 Å². The Labute approximate surface area is 164 Å². The van der Waals surface area contributed by atoms with E-state index in [-0.39, 0.29) is 17.5 Å². The molecular weight excluding hydrogens is 334 g/mol. The molecule has 2 amide bonds. The molecule has 0 aliphatic rings. The van der Waals surface area contributed by atoms with Crippen LogP contribution in [0.5, 0.6) is 0 Å². The Morgan fingerprint density at radius 2 is 1.59 bits per heavy atom. The third kappa shape index (κ3) is 6.72. The maximum Gasteiger partial charge on any atom is 0.315 e. The normalized spacial score (nSPS) is 12.7. The minimum atomic E-state index is -0.119. The highest BCUT2D eigenvalue weighted by Crippen LogP contribution is 2.28. The lowest BCUT2D eigenvalue weighted by molar-refractivity contribution is 0.234. The molecule has 2 aromatic rings. The Balaban J connectivity index is 1.87. The van der Waals surface area contributed by atoms with Gasteiger partial charge >= 0.3 is 6.03 Å². The van der Waals surface area contributed by atoms with E-state index in [1.165, 1.54) is 11.1 Å². The Morgan fingerprint density at radius 1 is 1.00 bits per heavy atom. The van der Waals surface area contributed by atoms with Crippen molar-refractivity contribution in [3.05, 3.63) is 71.3 Å². The molecule has 0 heterocycles. The van der Waals surface area contributed by atoms with E-state index in [1.807, 2.05) is 32.3 Å². The molecule has 146 valence electrons. The van der Waals surface area contributed by atoms with Crippen LogP contribution in [0.4, 0.5) is 4.79 Å². The van der Waals surface area contributed by atoms with Gasteiger partial charge in [0.1, 0.15) is 0 Å². The largest absolute Gasteiger partial charge is 0.336 e. The first-order valence-corrected chi connectivity index (χ1v) is 9.59. The molecule has 1 unspecified atom stereocenters. The second-order valence-electron chi connectivity index (χ2n) is 8.19. The number of nitrogens with zero attached hydrogens (tertiary/aromatic N) is 1. The zero-order valence-corrected chi connectivity index (χ0v) is 17.3. The van der Waals surface area contributed by atoms with E-state index in [4.69, 9.17) is 0 Å². The van der Waals surface area contributed by atoms with Gasteiger partial charge in [-0.25, -0.2) is 4.79 Å². The average molecular weight is 368 g/mol. The van der Waals surface area contributed by atoms with E-state index in [0.717, 1.165) is 18.5 Å². The maximum absolute atomic E-state index is 12.4. The van der Waals surface area contributed by atoms with Crippen molar-refractivity contribution >= 4 is 6.03 Å². The van der Waals surface area contributed by atoms with Crippen LogP contribution in [-0.4, -0.2) is 31.1 Å². The summed E-state index contributed by atoms with van der Waals surface area (Å²) in [6.07, 6.45) is 0.877. The summed E-state index contributed by atoms with van der Waals surface area (Å²) in [5.74, 6) is 0. The van der Waals surface area contributed by atoms with Crippen LogP contribution in [0, 0.1) is 0 Å². The molecular formula is C23H33N3O. The van der Waals surface area contributed by atoms with Gasteiger partial charge < -0.3 is 15.5 Å². The van der Waals surface area contributed by atoms with E-state index in [1.54, 1.807) is 0 Å². The number of hydrogen-bond donors (Lipinski definition) is 2. The van der Waals surface area contributed by atoms with Gasteiger partial charge in [0, 0.05) is 19.1 Å². The number of nitrogens with one attached hydrogen (secondary N) is 2. The quantitative estimate of drug-likeness (QED) is 0.730. The number of urea groups is 1. The van der Waals surface area contributed by atoms with E-state index in [2.05, 4.69) is 72.7 Å². The number of carbonyl (C=O) groups excluding carboxylic acids is 1. The smallest absolute Gasteiger partial charge is 0.315 e. The molecule has 0 fully saturated rings. The number of rotatable bonds is 8. The van der Waals surface area contributed by atoms with Gasteiger partial charge in [0.25, 0.3) is 0 Å². The van der Waals surface area contributed by atoms with Gasteiger partial charge in [-0.15, -0.1) is 0 Å². The first kappa shape index (κ1) is 21.0. The first-order valence-electron chi connectivity index (χ1n) is 9.59. The topological polar surface area (TPSA) is 44.4 Å². The Kier molecular flexibility index (Phi) is 7.43. The Hall–Kier alpha value is -2.33. The zero-order chi connectivity index (χ0) is 19.9. The molecule has 0 spiro atoms. The lowest BCUT2D eigenvalue weighted by Crippen LogP contribution is -2.42. The third-order valence-corrected chi connectivity index (χ3v) is 4.79. The van der Waals surface area contributed by atoms with Gasteiger partial charge in [-0.1, -0.05) is 68.4 Å². The molecule has 0 aliphatic heterocycles. The molecule has 1 atom stereocenters. The lowest BCUT2D eigenvalue weighted by Gasteiger charge is -2.29. The summed E-state index contributed by atoms with van der Waals surface area (Å²) in [4.78, 5) is 14.5. The van der Waals surface area contributed by atoms with Crippen LogP contribution < -0.4 is 10.6 Å². The number of benzene rings is 2. The molecule has 4 heteroatoms. The van der Waals surface area contributed by atoms with Crippen molar-refractivity contribution in [1.82, 2.24) is 15.5 Å². The van der Waals surface area contributed by atoms with Gasteiger partial charge in [0.15, 0.2) is 0 Å². The van der Waals surface area contributed by atoms with E-state index in [0.29, 0.717) is 6.54 Å². The fraction of sp³-hybridized carbons (Fsp3) is 0.435. The van der Waals surface area contributed by atoms with Crippen LogP contribution in [0.3, 0.4) is 0 Å². The van der Waals surface area contributed by atoms with E-state index in [9.17, 15) is 4.79 Å². The van der Waals surface area contributed by atoms with Crippen LogP contribution in [-0.2, 0) is 18.5 Å². The highest BCUT2D eigenvalue weighted by Gasteiger charge is 2.23. The zero-order valence-electron chi connectivity index (χ0n) is 17.3. The fourth-order valence-corrected chi connectivity index (χ4v) is 3.50. The predicted molar refractivity (Wildman–Crippen MR) is 113 cm³/mol. The summed E-state index contributed by atoms with van der Waals surface area (Å²) >= 11 is 0. The van der Waals surface area contributed by atoms with Crippen molar-refractivity contribution < 1.29 is 4.79 Å². The molecule has 0 saturated heterocycles. The molecule has 0 radical (unpaired) electrons. The minimum absolute atomic E-state index is 0.00622. The van der Waals surface area contributed by atoms with E-state index >= 15 is 0 Å². The average Bonchev–Trinajstić information content (AvgIpc) is 2.60. The molecule has 2 aromatic carbocycles. The summed E-state index contributed by atoms with van der Waals surface area (Å²) < 4.78 is 0. The van der Waals surface area contributed by atoms with E-state index < -0.39 is 0 Å². The first-order chi connectivity index (χ1) is 12.8. The van der Waals surface area contributed by atoms with Crippen molar-refractivity contribution in [3.63, 3.8) is 0 Å². The van der Waals surface area contributed by atoms with Crippen molar-refractivity contribution in [1.29, 1.82) is 0 Å². The second kappa shape index (κ2) is 9.56. The Morgan fingerprint density at radius 3 is 2.22 bits per heavy atom. The molecule has 27 heavy (non-hydrogen) atoms. The number of hydrogen-bond acceptors (Lipinski definition) is 2. The molecule has 0 saturated carbocycles. The SMILES string of the molecule is CC(CC(C)(C)c1ccccc1)NC(=O)NCc1ccccc1CN(C)C. The molecule has 0 aromatic heterocycles. The molecule has 0 bridgehead atoms. The lowest BCUT2D eigenvalue weighted by atomic mass is 9.79. The summed E-state index contributed by atoms with van der Waals surface area (Å²) in [5.41, 5.74) is 3.68. The van der Waals surface area contributed by atoms with Crippen molar-refractivity contribution in [3.8, 4) is 0 Å². The maximum atomic E-state index is 12.4. The van der Waals surface area contributed by atoms with Crippen molar-refractivity contribution in [2.75, 3.05) is 14.1 Å². The van der Waals surface area contributed by atoms with Gasteiger partial charge in [0.05, 0.1) is 0 Å². The highest BCUT2D eigenvalue weighted by molar-refractivity contribution is 5.74. The summed E-state index contributed by atoms with van der Waals surface area (Å²) in [5, 5.41) is 6.08. The van der Waals surface area contributed by atoms with Crippen molar-refractivity contribution in [2.45, 2.75) is 51.7 Å². The fourth-order valence-electron chi connectivity index (χ4n) is 3.50. The monoisotopic (exact) mass is 367 g/mol. The molecule has 2 rings (SSSR count). The summed E-state index contributed by atoms with van der Waals surface area (Å²) in [7, 11) is 4.10. The van der Waals surface area contributed by atoms with Crippen LogP contribution in [0.2, 0.25) is 0 Å². The number of carbonyl (C=O) groups is 1. The number of amides is 2. The van der Waals surface area contributed by atoms with Gasteiger partial charge in [-0.05, 0) is 49.5 Å². The Bertz CT molecular complexity index is 725. The molecule has 0 aliphatic carbocycles. The van der Waals surface area contributed by atoms with Crippen LogP contribution in [0.15, 0.2) is 54.6 Å². The van der Waals surface area contributed by atoms with Gasteiger partial charge in [-0.2, -0.15) is 0 Å². The predicted octanol–water partition coefficient (Wildman–Crippen LogP) is 4.30. The molecule has 2 N–H and O–H groups in total. The summed E-state index contributed by atoms with van der Waals surface area (Å²) in [6.45, 7) is 7.89. The third-order valence-electron chi connectivity index (χ3n) is 4.79. The van der Waals surface area contributed by atoms with Crippen LogP contribution >= 0.6 is 0 Å². The summed E-state index contributed by atoms with van der Waals surface area (Å²) in [6, 6.07) is 18.6. The van der Waals surface area contributed by atoms with Crippen LogP contribution in [0.25, 0.3) is 0 Å². The minimum Gasteiger partial charge on any atom is -0.336 e. The second-order valence-corrected chi connectivity index (χ2v) is 8.19. The highest BCUT2D eigenvalue weighted by atomic mass is 16.2. The van der Waals surface area contributed by atoms with Gasteiger partial charge in [-0.3, -0.25) is 0 Å². The van der Waals surface area contributed by atoms with Gasteiger partial charge in [0.2, 0.25) is 0 Å².